The molecule has 0 N–H and O–H groups in total. The SMILES string of the molecule is CC(C)n1c[n+](C2C3c4ccccc4C(c4ccccc43)C2[n+]2cn(C(C)C)c3ccccc32)c2ccccc21. The van der Waals surface area contributed by atoms with Gasteiger partial charge in [0.1, 0.15) is 0 Å². The Labute approximate surface area is 235 Å². The third-order valence-corrected chi connectivity index (χ3v) is 9.49. The van der Waals surface area contributed by atoms with E-state index in [1.165, 1.54) is 44.3 Å². The van der Waals surface area contributed by atoms with Crippen LogP contribution in [-0.4, -0.2) is 9.13 Å². The number of rotatable bonds is 4. The fourth-order valence-electron chi connectivity index (χ4n) is 7.89. The van der Waals surface area contributed by atoms with E-state index in [0.717, 1.165) is 0 Å². The van der Waals surface area contributed by atoms with Gasteiger partial charge in [0.15, 0.2) is 34.2 Å². The van der Waals surface area contributed by atoms with E-state index in [1.807, 2.05) is 0 Å². The topological polar surface area (TPSA) is 17.6 Å². The number of nitrogens with zero attached hydrogens (tertiary/aromatic N) is 4. The lowest BCUT2D eigenvalue weighted by molar-refractivity contribution is -0.800. The first-order valence-corrected chi connectivity index (χ1v) is 14.7. The minimum absolute atomic E-state index is 0.219. The molecular formula is C36H36N4+2. The van der Waals surface area contributed by atoms with Crippen molar-refractivity contribution in [2.24, 2.45) is 0 Å². The second kappa shape index (κ2) is 8.66. The van der Waals surface area contributed by atoms with Crippen molar-refractivity contribution in [1.29, 1.82) is 0 Å². The van der Waals surface area contributed by atoms with Crippen LogP contribution in [0.1, 0.15) is 86.0 Å². The molecule has 3 aliphatic carbocycles. The molecule has 4 nitrogen and oxygen atoms in total. The van der Waals surface area contributed by atoms with Crippen LogP contribution in [0.2, 0.25) is 0 Å². The highest BCUT2D eigenvalue weighted by molar-refractivity contribution is 5.73. The normalized spacial score (nSPS) is 21.4. The van der Waals surface area contributed by atoms with Crippen molar-refractivity contribution in [3.63, 3.8) is 0 Å². The molecule has 0 amide bonds. The Morgan fingerprint density at radius 1 is 0.475 bits per heavy atom. The molecule has 9 rings (SSSR count). The summed E-state index contributed by atoms with van der Waals surface area (Å²) in [4.78, 5) is 0. The van der Waals surface area contributed by atoms with E-state index in [2.05, 4.69) is 156 Å². The number of aromatic nitrogens is 4. The third-order valence-electron chi connectivity index (χ3n) is 9.49. The molecule has 0 saturated heterocycles. The van der Waals surface area contributed by atoms with Gasteiger partial charge in [0.05, 0.1) is 23.9 Å². The van der Waals surface area contributed by atoms with Crippen molar-refractivity contribution in [3.8, 4) is 0 Å². The largest absolute Gasteiger partial charge is 0.245 e. The minimum Gasteiger partial charge on any atom is -0.228 e. The lowest BCUT2D eigenvalue weighted by Gasteiger charge is -2.47. The maximum atomic E-state index is 2.62. The summed E-state index contributed by atoms with van der Waals surface area (Å²) in [6.07, 6.45) is 4.81. The molecule has 198 valence electrons. The average molecular weight is 525 g/mol. The minimum atomic E-state index is 0.219. The second-order valence-electron chi connectivity index (χ2n) is 12.2. The highest BCUT2D eigenvalue weighted by atomic mass is 15.2. The van der Waals surface area contributed by atoms with Gasteiger partial charge in [0.25, 0.3) is 0 Å². The highest BCUT2D eigenvalue weighted by Gasteiger charge is 2.56. The molecule has 2 bridgehead atoms. The molecule has 4 aromatic carbocycles. The molecule has 3 aliphatic rings. The number of hydrogen-bond acceptors (Lipinski definition) is 0. The van der Waals surface area contributed by atoms with Crippen LogP contribution >= 0.6 is 0 Å². The van der Waals surface area contributed by atoms with E-state index in [1.54, 1.807) is 0 Å². The Morgan fingerprint density at radius 3 is 1.15 bits per heavy atom. The molecule has 0 saturated carbocycles. The maximum absolute atomic E-state index is 2.62. The number of para-hydroxylation sites is 4. The zero-order chi connectivity index (χ0) is 27.1. The van der Waals surface area contributed by atoms with Gasteiger partial charge in [0, 0.05) is 0 Å². The lowest BCUT2D eigenvalue weighted by atomic mass is 9.59. The molecule has 6 aromatic rings. The molecule has 2 aromatic heterocycles. The standard InChI is InChI=1S/C36H36N4/c1-23(2)37-21-39(31-19-11-9-17-29(31)37)35-33-25-13-5-7-15-27(25)34(28-16-8-6-14-26(28)33)36(35)40-22-38(24(3)4)30-18-10-12-20-32(30)40/h5-24,33-36H,1-4H3/q+2. The fraction of sp³-hybridized carbons (Fsp3) is 0.278. The molecule has 2 unspecified atom stereocenters. The van der Waals surface area contributed by atoms with Crippen LogP contribution in [0.3, 0.4) is 0 Å². The van der Waals surface area contributed by atoms with Crippen LogP contribution in [0.25, 0.3) is 22.1 Å². The van der Waals surface area contributed by atoms with Crippen LogP contribution in [0.15, 0.2) is 110 Å². The average Bonchev–Trinajstić information content (AvgIpc) is 3.56. The number of imidazole rings is 2. The van der Waals surface area contributed by atoms with Crippen molar-refractivity contribution >= 4 is 22.1 Å². The smallest absolute Gasteiger partial charge is 0.228 e. The van der Waals surface area contributed by atoms with Gasteiger partial charge >= 0.3 is 0 Å². The van der Waals surface area contributed by atoms with Crippen LogP contribution in [-0.2, 0) is 0 Å². The third kappa shape index (κ3) is 3.13. The predicted octanol–water partition coefficient (Wildman–Crippen LogP) is 7.41. The van der Waals surface area contributed by atoms with Gasteiger partial charge in [-0.05, 0) is 74.2 Å². The summed E-state index contributed by atoms with van der Waals surface area (Å²) in [5.74, 6) is 0.514. The Hall–Kier alpha value is -4.18. The van der Waals surface area contributed by atoms with Gasteiger partial charge in [-0.25, -0.2) is 18.3 Å². The summed E-state index contributed by atoms with van der Waals surface area (Å²) in [5, 5.41) is 0. The summed E-state index contributed by atoms with van der Waals surface area (Å²) in [7, 11) is 0. The van der Waals surface area contributed by atoms with Crippen molar-refractivity contribution in [1.82, 2.24) is 9.13 Å². The van der Waals surface area contributed by atoms with Crippen LogP contribution in [0.4, 0.5) is 0 Å². The van der Waals surface area contributed by atoms with E-state index >= 15 is 0 Å². The van der Waals surface area contributed by atoms with E-state index in [0.29, 0.717) is 12.1 Å². The Kier molecular flexibility index (Phi) is 5.13. The van der Waals surface area contributed by atoms with Gasteiger partial charge in [0.2, 0.25) is 12.7 Å². The molecule has 2 heterocycles. The van der Waals surface area contributed by atoms with E-state index in [4.69, 9.17) is 0 Å². The van der Waals surface area contributed by atoms with Gasteiger partial charge in [-0.2, -0.15) is 0 Å². The summed E-state index contributed by atoms with van der Waals surface area (Å²) in [6.45, 7) is 9.15. The zero-order valence-electron chi connectivity index (χ0n) is 23.6. The molecule has 0 fully saturated rings. The van der Waals surface area contributed by atoms with Gasteiger partial charge in [-0.1, -0.05) is 72.8 Å². The Bertz CT molecular complexity index is 1720. The summed E-state index contributed by atoms with van der Waals surface area (Å²) in [6, 6.07) is 37.6. The van der Waals surface area contributed by atoms with Crippen molar-refractivity contribution in [2.75, 3.05) is 0 Å². The molecule has 0 spiro atoms. The number of hydrogen-bond donors (Lipinski definition) is 0. The summed E-state index contributed by atoms with van der Waals surface area (Å²) < 4.78 is 10.2. The maximum Gasteiger partial charge on any atom is 0.245 e. The second-order valence-corrected chi connectivity index (χ2v) is 12.2. The Balaban J connectivity index is 1.49. The first kappa shape index (κ1) is 23.7. The van der Waals surface area contributed by atoms with Crippen molar-refractivity contribution < 1.29 is 9.13 Å². The fourth-order valence-corrected chi connectivity index (χ4v) is 7.89. The Morgan fingerprint density at radius 2 is 0.800 bits per heavy atom. The van der Waals surface area contributed by atoms with E-state index in [9.17, 15) is 0 Å². The van der Waals surface area contributed by atoms with Crippen LogP contribution in [0.5, 0.6) is 0 Å². The lowest BCUT2D eigenvalue weighted by Crippen LogP contribution is -2.60. The first-order valence-electron chi connectivity index (χ1n) is 14.7. The monoisotopic (exact) mass is 524 g/mol. The zero-order valence-corrected chi connectivity index (χ0v) is 23.6. The number of fused-ring (bicyclic) bond motifs is 3. The summed E-state index contributed by atoms with van der Waals surface area (Å²) >= 11 is 0. The quantitative estimate of drug-likeness (QED) is 0.214. The van der Waals surface area contributed by atoms with Crippen LogP contribution in [0, 0.1) is 0 Å². The van der Waals surface area contributed by atoms with Crippen molar-refractivity contribution in [2.45, 2.75) is 63.7 Å². The van der Waals surface area contributed by atoms with Gasteiger partial charge in [-0.15, -0.1) is 0 Å². The molecule has 40 heavy (non-hydrogen) atoms. The summed E-state index contributed by atoms with van der Waals surface area (Å²) in [5.41, 5.74) is 11.1. The molecule has 2 atom stereocenters. The molecule has 4 heteroatoms. The first-order chi connectivity index (χ1) is 19.5. The molecule has 0 radical (unpaired) electrons. The number of benzene rings is 4. The highest BCUT2D eigenvalue weighted by Crippen LogP contribution is 2.59. The van der Waals surface area contributed by atoms with Crippen molar-refractivity contribution in [3.05, 3.63) is 132 Å². The predicted molar refractivity (Wildman–Crippen MR) is 160 cm³/mol. The van der Waals surface area contributed by atoms with E-state index in [-0.39, 0.29) is 23.9 Å². The van der Waals surface area contributed by atoms with E-state index < -0.39 is 0 Å². The van der Waals surface area contributed by atoms with Crippen LogP contribution < -0.4 is 9.13 Å². The molecule has 0 aliphatic heterocycles. The molecular weight excluding hydrogens is 488 g/mol. The van der Waals surface area contributed by atoms with Gasteiger partial charge < -0.3 is 0 Å². The van der Waals surface area contributed by atoms with Gasteiger partial charge in [-0.3, -0.25) is 0 Å².